The lowest BCUT2D eigenvalue weighted by molar-refractivity contribution is 0.290. The molecule has 0 saturated carbocycles. The second-order valence-corrected chi connectivity index (χ2v) is 4.28. The average Bonchev–Trinajstić information content (AvgIpc) is 2.45. The summed E-state index contributed by atoms with van der Waals surface area (Å²) in [5, 5.41) is 8.78. The molecule has 2 rings (SSSR count). The monoisotopic (exact) mass is 261 g/mol. The number of hydrogen-bond donors (Lipinski definition) is 1. The number of aromatic nitrogens is 2. The molecule has 0 aliphatic carbocycles. The lowest BCUT2D eigenvalue weighted by Gasteiger charge is -2.16. The van der Waals surface area contributed by atoms with Gasteiger partial charge in [0.25, 0.3) is 0 Å². The van der Waals surface area contributed by atoms with Gasteiger partial charge in [-0.1, -0.05) is 12.1 Å². The predicted molar refractivity (Wildman–Crippen MR) is 72.4 cm³/mol. The van der Waals surface area contributed by atoms with Crippen molar-refractivity contribution in [2.24, 2.45) is 0 Å². The van der Waals surface area contributed by atoms with Crippen LogP contribution < -0.4 is 4.90 Å². The summed E-state index contributed by atoms with van der Waals surface area (Å²) in [7, 11) is 1.87. The fourth-order valence-electron chi connectivity index (χ4n) is 1.74. The van der Waals surface area contributed by atoms with Crippen LogP contribution in [0.5, 0.6) is 0 Å². The molecular weight excluding hydrogens is 245 g/mol. The van der Waals surface area contributed by atoms with Gasteiger partial charge in [-0.25, -0.2) is 14.4 Å². The van der Waals surface area contributed by atoms with Gasteiger partial charge in [-0.3, -0.25) is 0 Å². The number of nitrogens with zero attached hydrogens (tertiary/aromatic N) is 3. The second kappa shape index (κ2) is 6.24. The number of halogens is 1. The first-order chi connectivity index (χ1) is 9.20. The topological polar surface area (TPSA) is 49.2 Å². The normalized spacial score (nSPS) is 10.5. The lowest BCUT2D eigenvalue weighted by Crippen LogP contribution is -2.21. The Morgan fingerprint density at radius 3 is 2.58 bits per heavy atom. The number of anilines is 1. The van der Waals surface area contributed by atoms with Crippen molar-refractivity contribution in [1.29, 1.82) is 0 Å². The minimum atomic E-state index is -0.276. The van der Waals surface area contributed by atoms with Gasteiger partial charge in [0, 0.05) is 38.2 Å². The fourth-order valence-corrected chi connectivity index (χ4v) is 1.74. The number of benzene rings is 1. The van der Waals surface area contributed by atoms with Crippen LogP contribution in [0.3, 0.4) is 0 Å². The van der Waals surface area contributed by atoms with E-state index in [0.29, 0.717) is 18.9 Å². The summed E-state index contributed by atoms with van der Waals surface area (Å²) in [5.41, 5.74) is 1.53. The molecule has 0 aliphatic heterocycles. The maximum Gasteiger partial charge on any atom is 0.225 e. The van der Waals surface area contributed by atoms with Crippen LogP contribution in [0.4, 0.5) is 10.3 Å². The molecule has 1 N–H and O–H groups in total. The Morgan fingerprint density at radius 1 is 1.21 bits per heavy atom. The largest absolute Gasteiger partial charge is 0.396 e. The second-order valence-electron chi connectivity index (χ2n) is 4.28. The third kappa shape index (κ3) is 3.48. The van der Waals surface area contributed by atoms with Gasteiger partial charge < -0.3 is 10.0 Å². The molecule has 0 saturated heterocycles. The van der Waals surface area contributed by atoms with Crippen molar-refractivity contribution in [3.8, 4) is 11.1 Å². The van der Waals surface area contributed by atoms with E-state index in [0.717, 1.165) is 11.1 Å². The van der Waals surface area contributed by atoms with E-state index in [1.165, 1.54) is 12.1 Å². The van der Waals surface area contributed by atoms with E-state index in [9.17, 15) is 4.39 Å². The quantitative estimate of drug-likeness (QED) is 0.895. The van der Waals surface area contributed by atoms with E-state index in [4.69, 9.17) is 5.11 Å². The van der Waals surface area contributed by atoms with Gasteiger partial charge >= 0.3 is 0 Å². The van der Waals surface area contributed by atoms with E-state index < -0.39 is 0 Å². The fraction of sp³-hybridized carbons (Fsp3) is 0.286. The van der Waals surface area contributed by atoms with Crippen LogP contribution in [0.1, 0.15) is 6.42 Å². The Kier molecular flexibility index (Phi) is 4.41. The minimum Gasteiger partial charge on any atom is -0.396 e. The third-order valence-electron chi connectivity index (χ3n) is 2.79. The number of aliphatic hydroxyl groups is 1. The molecular formula is C14H16FN3O. The summed E-state index contributed by atoms with van der Waals surface area (Å²) in [5.74, 6) is 0.315. The van der Waals surface area contributed by atoms with Crippen LogP contribution in [0, 0.1) is 5.82 Å². The molecule has 4 nitrogen and oxygen atoms in total. The standard InChI is InChI=1S/C14H16FN3O/c1-18(6-3-7-19)14-16-9-12(10-17-14)11-4-2-5-13(15)8-11/h2,4-5,8-10,19H,3,6-7H2,1H3. The number of hydrogen-bond acceptors (Lipinski definition) is 4. The minimum absolute atomic E-state index is 0.145. The highest BCUT2D eigenvalue weighted by Crippen LogP contribution is 2.19. The van der Waals surface area contributed by atoms with Crippen molar-refractivity contribution in [3.63, 3.8) is 0 Å². The molecule has 0 aliphatic rings. The molecule has 0 radical (unpaired) electrons. The van der Waals surface area contributed by atoms with Gasteiger partial charge in [0.05, 0.1) is 0 Å². The molecule has 1 heterocycles. The summed E-state index contributed by atoms with van der Waals surface area (Å²) in [4.78, 5) is 10.4. The summed E-state index contributed by atoms with van der Waals surface area (Å²) < 4.78 is 13.1. The molecule has 1 aromatic heterocycles. The molecule has 1 aromatic carbocycles. The molecule has 0 fully saturated rings. The van der Waals surface area contributed by atoms with Crippen LogP contribution in [0.2, 0.25) is 0 Å². The Labute approximate surface area is 111 Å². The van der Waals surface area contributed by atoms with Gasteiger partial charge in [0.15, 0.2) is 0 Å². The first-order valence-corrected chi connectivity index (χ1v) is 6.10. The molecule has 0 amide bonds. The lowest BCUT2D eigenvalue weighted by atomic mass is 10.1. The summed E-state index contributed by atoms with van der Waals surface area (Å²) >= 11 is 0. The first kappa shape index (κ1) is 13.4. The van der Waals surface area contributed by atoms with Crippen LogP contribution in [-0.4, -0.2) is 35.3 Å². The highest BCUT2D eigenvalue weighted by Gasteiger charge is 2.05. The molecule has 0 atom stereocenters. The van der Waals surface area contributed by atoms with Gasteiger partial charge in [-0.15, -0.1) is 0 Å². The molecule has 2 aromatic rings. The highest BCUT2D eigenvalue weighted by molar-refractivity contribution is 5.61. The highest BCUT2D eigenvalue weighted by atomic mass is 19.1. The SMILES string of the molecule is CN(CCCO)c1ncc(-c2cccc(F)c2)cn1. The molecule has 0 spiro atoms. The van der Waals surface area contributed by atoms with Crippen molar-refractivity contribution in [2.75, 3.05) is 25.1 Å². The molecule has 5 heteroatoms. The first-order valence-electron chi connectivity index (χ1n) is 6.10. The zero-order chi connectivity index (χ0) is 13.7. The molecule has 0 bridgehead atoms. The van der Waals surface area contributed by atoms with E-state index >= 15 is 0 Å². The molecule has 0 unspecified atom stereocenters. The number of aliphatic hydroxyl groups excluding tert-OH is 1. The smallest absolute Gasteiger partial charge is 0.225 e. The van der Waals surface area contributed by atoms with E-state index in [2.05, 4.69) is 9.97 Å². The van der Waals surface area contributed by atoms with Gasteiger partial charge in [-0.05, 0) is 24.1 Å². The zero-order valence-corrected chi connectivity index (χ0v) is 10.8. The van der Waals surface area contributed by atoms with Gasteiger partial charge in [0.1, 0.15) is 5.82 Å². The van der Waals surface area contributed by atoms with Crippen molar-refractivity contribution in [2.45, 2.75) is 6.42 Å². The maximum atomic E-state index is 13.1. The van der Waals surface area contributed by atoms with Crippen LogP contribution >= 0.6 is 0 Å². The van der Waals surface area contributed by atoms with E-state index in [1.54, 1.807) is 18.5 Å². The summed E-state index contributed by atoms with van der Waals surface area (Å²) in [6.07, 6.45) is 4.02. The maximum absolute atomic E-state index is 13.1. The van der Waals surface area contributed by atoms with Crippen molar-refractivity contribution in [3.05, 3.63) is 42.5 Å². The average molecular weight is 261 g/mol. The Balaban J connectivity index is 2.14. The van der Waals surface area contributed by atoms with Crippen molar-refractivity contribution >= 4 is 5.95 Å². The molecule has 100 valence electrons. The Hall–Kier alpha value is -2.01. The van der Waals surface area contributed by atoms with Crippen LogP contribution in [-0.2, 0) is 0 Å². The van der Waals surface area contributed by atoms with E-state index in [1.807, 2.05) is 18.0 Å². The van der Waals surface area contributed by atoms with Crippen LogP contribution in [0.15, 0.2) is 36.7 Å². The Morgan fingerprint density at radius 2 is 1.95 bits per heavy atom. The van der Waals surface area contributed by atoms with Crippen molar-refractivity contribution < 1.29 is 9.50 Å². The van der Waals surface area contributed by atoms with E-state index in [-0.39, 0.29) is 12.4 Å². The van der Waals surface area contributed by atoms with Gasteiger partial charge in [0.2, 0.25) is 5.95 Å². The third-order valence-corrected chi connectivity index (χ3v) is 2.79. The summed E-state index contributed by atoms with van der Waals surface area (Å²) in [6.45, 7) is 0.835. The van der Waals surface area contributed by atoms with Crippen molar-refractivity contribution in [1.82, 2.24) is 9.97 Å². The number of rotatable bonds is 5. The summed E-state index contributed by atoms with van der Waals surface area (Å²) in [6, 6.07) is 6.33. The van der Waals surface area contributed by atoms with Gasteiger partial charge in [-0.2, -0.15) is 0 Å². The molecule has 19 heavy (non-hydrogen) atoms. The zero-order valence-electron chi connectivity index (χ0n) is 10.8. The predicted octanol–water partition coefficient (Wildman–Crippen LogP) is 2.10. The Bertz CT molecular complexity index is 530. The van der Waals surface area contributed by atoms with Crippen LogP contribution in [0.25, 0.3) is 11.1 Å².